The molecule has 2 aromatic heterocycles. The van der Waals surface area contributed by atoms with Crippen LogP contribution in [0.2, 0.25) is 0 Å². The first-order valence-electron chi connectivity index (χ1n) is 4.30. The fourth-order valence-corrected chi connectivity index (χ4v) is 2.71. The Hall–Kier alpha value is -0.950. The number of fused-ring (bicyclic) bond motifs is 1. The zero-order valence-corrected chi connectivity index (χ0v) is 10.4. The van der Waals surface area contributed by atoms with Gasteiger partial charge in [0.05, 0.1) is 5.56 Å². The molecule has 0 atom stereocenters. The molecule has 0 unspecified atom stereocenters. The molecule has 0 aliphatic heterocycles. The van der Waals surface area contributed by atoms with Gasteiger partial charge in [0.1, 0.15) is 0 Å². The maximum atomic E-state index is 5.15. The van der Waals surface area contributed by atoms with Crippen LogP contribution in [0.25, 0.3) is 21.5 Å². The monoisotopic (exact) mass is 328 g/mol. The van der Waals surface area contributed by atoms with E-state index in [1.165, 1.54) is 10.1 Å². The molecule has 5 heteroatoms. The maximum Gasteiger partial charge on any atom is 0.260 e. The van der Waals surface area contributed by atoms with Crippen molar-refractivity contribution in [3.05, 3.63) is 33.5 Å². The molecule has 3 rings (SSSR count). The molecule has 0 fully saturated rings. The van der Waals surface area contributed by atoms with Crippen molar-refractivity contribution in [1.29, 1.82) is 0 Å². The highest BCUT2D eigenvalue weighted by atomic mass is 127. The largest absolute Gasteiger partial charge is 0.333 e. The molecule has 0 aliphatic carbocycles. The third-order valence-electron chi connectivity index (χ3n) is 2.11. The summed E-state index contributed by atoms with van der Waals surface area (Å²) in [5.41, 5.74) is 1.02. The summed E-state index contributed by atoms with van der Waals surface area (Å²) in [5, 5.41) is 7.00. The summed E-state index contributed by atoms with van der Waals surface area (Å²) in [6.07, 6.45) is 0. The van der Waals surface area contributed by atoms with Crippen molar-refractivity contribution in [2.75, 3.05) is 0 Å². The molecule has 0 radical (unpaired) electrons. The number of benzene rings is 1. The average molecular weight is 328 g/mol. The Kier molecular flexibility index (Phi) is 2.21. The van der Waals surface area contributed by atoms with Crippen LogP contribution in [-0.2, 0) is 0 Å². The highest BCUT2D eigenvalue weighted by molar-refractivity contribution is 14.1. The van der Waals surface area contributed by atoms with E-state index in [9.17, 15) is 0 Å². The molecule has 1 aromatic carbocycles. The third-order valence-corrected chi connectivity index (χ3v) is 3.51. The second-order valence-corrected chi connectivity index (χ2v) is 4.89. The second kappa shape index (κ2) is 3.57. The minimum absolute atomic E-state index is 0.594. The lowest BCUT2D eigenvalue weighted by molar-refractivity contribution is 0.426. The summed E-state index contributed by atoms with van der Waals surface area (Å²) in [4.78, 5) is 4.22. The summed E-state index contributed by atoms with van der Waals surface area (Å²) in [7, 11) is 0. The van der Waals surface area contributed by atoms with E-state index < -0.39 is 0 Å². The van der Waals surface area contributed by atoms with E-state index >= 15 is 0 Å². The van der Waals surface area contributed by atoms with Crippen molar-refractivity contribution in [1.82, 2.24) is 10.1 Å². The van der Waals surface area contributed by atoms with Crippen molar-refractivity contribution >= 4 is 44.0 Å². The van der Waals surface area contributed by atoms with Gasteiger partial charge in [-0.1, -0.05) is 23.4 Å². The predicted molar refractivity (Wildman–Crippen MR) is 67.8 cm³/mol. The quantitative estimate of drug-likeness (QED) is 0.641. The number of rotatable bonds is 1. The third kappa shape index (κ3) is 1.55. The van der Waals surface area contributed by atoms with E-state index in [1.54, 1.807) is 11.3 Å². The highest BCUT2D eigenvalue weighted by Crippen LogP contribution is 2.32. The maximum absolute atomic E-state index is 5.15. The van der Waals surface area contributed by atoms with Crippen LogP contribution in [0.15, 0.2) is 34.2 Å². The molecule has 3 nitrogen and oxygen atoms in total. The molecule has 0 amide bonds. The lowest BCUT2D eigenvalue weighted by Gasteiger charge is -1.90. The van der Waals surface area contributed by atoms with Gasteiger partial charge < -0.3 is 4.52 Å². The Morgan fingerprint density at radius 3 is 2.93 bits per heavy atom. The summed E-state index contributed by atoms with van der Waals surface area (Å²) < 4.78 is 7.03. The highest BCUT2D eigenvalue weighted by Gasteiger charge is 2.11. The van der Waals surface area contributed by atoms with Crippen LogP contribution in [0.1, 0.15) is 0 Å². The SMILES string of the molecule is Ic1noc(-c2csc3ccccc23)n1. The Balaban J connectivity index is 2.27. The van der Waals surface area contributed by atoms with E-state index in [0.717, 1.165) is 5.56 Å². The lowest BCUT2D eigenvalue weighted by atomic mass is 10.2. The normalized spacial score (nSPS) is 11.0. The zero-order chi connectivity index (χ0) is 10.3. The Bertz CT molecular complexity index is 616. The first kappa shape index (κ1) is 9.29. The van der Waals surface area contributed by atoms with Gasteiger partial charge in [-0.15, -0.1) is 11.3 Å². The molecule has 15 heavy (non-hydrogen) atoms. The van der Waals surface area contributed by atoms with Crippen LogP contribution in [-0.4, -0.2) is 10.1 Å². The van der Waals surface area contributed by atoms with E-state index in [-0.39, 0.29) is 0 Å². The number of hydrogen-bond acceptors (Lipinski definition) is 4. The van der Waals surface area contributed by atoms with Gasteiger partial charge in [-0.3, -0.25) is 0 Å². The fourth-order valence-electron chi connectivity index (χ4n) is 1.46. The van der Waals surface area contributed by atoms with E-state index in [2.05, 4.69) is 22.3 Å². The summed E-state index contributed by atoms with van der Waals surface area (Å²) in [5.74, 6) is 0.594. The molecular weight excluding hydrogens is 323 g/mol. The first-order valence-corrected chi connectivity index (χ1v) is 6.26. The molecular formula is C10H5IN2OS. The van der Waals surface area contributed by atoms with Crippen molar-refractivity contribution in [3.8, 4) is 11.5 Å². The smallest absolute Gasteiger partial charge is 0.260 e. The van der Waals surface area contributed by atoms with Gasteiger partial charge in [0.25, 0.3) is 5.89 Å². The summed E-state index contributed by atoms with van der Waals surface area (Å²) >= 11 is 3.72. The van der Waals surface area contributed by atoms with Gasteiger partial charge >= 0.3 is 0 Å². The molecule has 0 saturated heterocycles. The van der Waals surface area contributed by atoms with E-state index in [0.29, 0.717) is 9.72 Å². The minimum Gasteiger partial charge on any atom is -0.333 e. The van der Waals surface area contributed by atoms with Gasteiger partial charge in [0.15, 0.2) is 0 Å². The standard InChI is InChI=1S/C10H5IN2OS/c11-10-12-9(14-13-10)7-5-15-8-4-2-1-3-6(7)8/h1-5H. The topological polar surface area (TPSA) is 38.9 Å². The molecule has 0 aliphatic rings. The van der Waals surface area contributed by atoms with Gasteiger partial charge in [-0.25, -0.2) is 0 Å². The van der Waals surface area contributed by atoms with Crippen molar-refractivity contribution in [3.63, 3.8) is 0 Å². The van der Waals surface area contributed by atoms with Crippen LogP contribution in [0.3, 0.4) is 0 Å². The van der Waals surface area contributed by atoms with Crippen LogP contribution >= 0.6 is 33.9 Å². The zero-order valence-electron chi connectivity index (χ0n) is 7.48. The average Bonchev–Trinajstić information content (AvgIpc) is 2.83. The first-order chi connectivity index (χ1) is 7.34. The van der Waals surface area contributed by atoms with Gasteiger partial charge in [0, 0.05) is 38.1 Å². The van der Waals surface area contributed by atoms with Crippen molar-refractivity contribution in [2.45, 2.75) is 0 Å². The Morgan fingerprint density at radius 2 is 2.13 bits per heavy atom. The minimum atomic E-state index is 0.594. The molecule has 0 saturated carbocycles. The van der Waals surface area contributed by atoms with Crippen LogP contribution < -0.4 is 0 Å². The van der Waals surface area contributed by atoms with Crippen LogP contribution in [0, 0.1) is 3.83 Å². The molecule has 0 N–H and O–H groups in total. The number of halogens is 1. The molecule has 74 valence electrons. The van der Waals surface area contributed by atoms with Crippen LogP contribution in [0.4, 0.5) is 0 Å². The molecule has 0 bridgehead atoms. The Labute approximate surface area is 103 Å². The van der Waals surface area contributed by atoms with Crippen molar-refractivity contribution in [2.24, 2.45) is 0 Å². The lowest BCUT2D eigenvalue weighted by Crippen LogP contribution is -1.75. The van der Waals surface area contributed by atoms with E-state index in [4.69, 9.17) is 4.52 Å². The number of aromatic nitrogens is 2. The predicted octanol–water partition coefficient (Wildman–Crippen LogP) is 3.56. The fraction of sp³-hybridized carbons (Fsp3) is 0. The number of thiophene rings is 1. The molecule has 3 aromatic rings. The van der Waals surface area contributed by atoms with Crippen LogP contribution in [0.5, 0.6) is 0 Å². The molecule has 0 spiro atoms. The van der Waals surface area contributed by atoms with Gasteiger partial charge in [-0.05, 0) is 6.07 Å². The number of nitrogens with zero attached hydrogens (tertiary/aromatic N) is 2. The van der Waals surface area contributed by atoms with Gasteiger partial charge in [0.2, 0.25) is 3.83 Å². The second-order valence-electron chi connectivity index (χ2n) is 3.01. The number of hydrogen-bond donors (Lipinski definition) is 0. The van der Waals surface area contributed by atoms with E-state index in [1.807, 2.05) is 40.1 Å². The molecule has 2 heterocycles. The summed E-state index contributed by atoms with van der Waals surface area (Å²) in [6.45, 7) is 0. The van der Waals surface area contributed by atoms with Crippen molar-refractivity contribution < 1.29 is 4.52 Å². The summed E-state index contributed by atoms with van der Waals surface area (Å²) in [6, 6.07) is 8.20. The Morgan fingerprint density at radius 1 is 1.27 bits per heavy atom. The van der Waals surface area contributed by atoms with Gasteiger partial charge in [-0.2, -0.15) is 4.98 Å².